The van der Waals surface area contributed by atoms with Crippen LogP contribution in [0.25, 0.3) is 0 Å². The topological polar surface area (TPSA) is 109 Å². The number of amides is 2. The van der Waals surface area contributed by atoms with Gasteiger partial charge in [-0.2, -0.15) is 0 Å². The van der Waals surface area contributed by atoms with E-state index in [2.05, 4.69) is 25.8 Å². The van der Waals surface area contributed by atoms with E-state index in [0.717, 1.165) is 25.9 Å². The molecule has 0 spiro atoms. The van der Waals surface area contributed by atoms with Gasteiger partial charge < -0.3 is 10.6 Å². The van der Waals surface area contributed by atoms with Crippen LogP contribution in [-0.2, 0) is 16.1 Å². The van der Waals surface area contributed by atoms with Crippen molar-refractivity contribution < 1.29 is 14.4 Å². The summed E-state index contributed by atoms with van der Waals surface area (Å²) in [7, 11) is 0. The Morgan fingerprint density at radius 3 is 2.62 bits per heavy atom. The van der Waals surface area contributed by atoms with Gasteiger partial charge >= 0.3 is 0 Å². The molecule has 2 amide bonds. The number of carbonyl (C=O) groups is 3. The second-order valence-corrected chi connectivity index (χ2v) is 7.20. The normalized spacial score (nSPS) is 27.2. The van der Waals surface area contributed by atoms with Crippen molar-refractivity contribution in [1.82, 2.24) is 30.5 Å². The monoisotopic (exact) mass is 362 g/mol. The minimum atomic E-state index is -0.0917. The van der Waals surface area contributed by atoms with Crippen LogP contribution in [0.1, 0.15) is 37.2 Å². The van der Waals surface area contributed by atoms with Crippen molar-refractivity contribution in [2.75, 3.05) is 26.2 Å². The third-order valence-corrected chi connectivity index (χ3v) is 5.31. The number of hydrogen-bond acceptors (Lipinski definition) is 6. The average molecular weight is 362 g/mol. The number of rotatable bonds is 7. The maximum absolute atomic E-state index is 12.5. The highest BCUT2D eigenvalue weighted by Gasteiger charge is 2.43. The molecule has 142 valence electrons. The van der Waals surface area contributed by atoms with E-state index in [4.69, 9.17) is 0 Å². The first-order valence-electron chi connectivity index (χ1n) is 9.11. The molecular formula is C17H26N6O3. The molecule has 9 heteroatoms. The first-order chi connectivity index (χ1) is 12.4. The van der Waals surface area contributed by atoms with Crippen molar-refractivity contribution >= 4 is 17.6 Å². The maximum Gasteiger partial charge on any atom is 0.224 e. The van der Waals surface area contributed by atoms with Gasteiger partial charge in [0.25, 0.3) is 0 Å². The molecule has 1 unspecified atom stereocenters. The van der Waals surface area contributed by atoms with E-state index in [-0.39, 0.29) is 23.5 Å². The second kappa shape index (κ2) is 7.94. The zero-order valence-corrected chi connectivity index (χ0v) is 15.3. The van der Waals surface area contributed by atoms with Gasteiger partial charge in [-0.05, 0) is 25.3 Å². The first-order valence-corrected chi connectivity index (χ1v) is 9.11. The lowest BCUT2D eigenvalue weighted by molar-refractivity contribution is -0.133. The molecule has 1 aromatic heterocycles. The molecule has 4 heterocycles. The number of hydrogen-bond donors (Lipinski definition) is 2. The summed E-state index contributed by atoms with van der Waals surface area (Å²) in [4.78, 5) is 37.0. The lowest BCUT2D eigenvalue weighted by atomic mass is 9.75. The molecule has 0 aliphatic carbocycles. The fourth-order valence-electron chi connectivity index (χ4n) is 3.95. The Morgan fingerprint density at radius 2 is 2.00 bits per heavy atom. The number of nitrogens with zero attached hydrogens (tertiary/aromatic N) is 4. The predicted octanol–water partition coefficient (Wildman–Crippen LogP) is -0.557. The van der Waals surface area contributed by atoms with E-state index in [1.54, 1.807) is 10.9 Å². The van der Waals surface area contributed by atoms with Crippen molar-refractivity contribution in [2.24, 2.45) is 11.8 Å². The van der Waals surface area contributed by atoms with Crippen LogP contribution in [0, 0.1) is 11.8 Å². The molecule has 0 saturated carbocycles. The summed E-state index contributed by atoms with van der Waals surface area (Å²) in [6.45, 7) is 6.27. The standard InChI is InChI=1S/C17H26N6O3/c1-11(24)16-10-23(21-20-16)8-14-7-13-3-6-22(14)9-15(13)17(26)19-5-4-18-12(2)25/h10,13-15H,3-9H2,1-2H3,(H,18,25)(H,19,26)/t13-,14-,15+/m1/s1. The summed E-state index contributed by atoms with van der Waals surface area (Å²) in [5.74, 6) is 0.259. The minimum Gasteiger partial charge on any atom is -0.355 e. The van der Waals surface area contributed by atoms with Gasteiger partial charge in [0.1, 0.15) is 5.69 Å². The highest BCUT2D eigenvalue weighted by molar-refractivity contribution is 5.91. The van der Waals surface area contributed by atoms with E-state index in [0.29, 0.717) is 37.3 Å². The summed E-state index contributed by atoms with van der Waals surface area (Å²) in [5, 5.41) is 13.5. The molecule has 4 rings (SSSR count). The SMILES string of the molecule is CC(=O)NCCNC(=O)[C@H]1CN2CC[C@@H]1C[C@@H]2Cn1cc(C(C)=O)nn1. The summed E-state index contributed by atoms with van der Waals surface area (Å²) < 4.78 is 1.73. The van der Waals surface area contributed by atoms with Crippen LogP contribution in [0.2, 0.25) is 0 Å². The molecule has 9 nitrogen and oxygen atoms in total. The molecular weight excluding hydrogens is 336 g/mol. The number of carbonyl (C=O) groups excluding carboxylic acids is 3. The number of nitrogens with one attached hydrogen (secondary N) is 2. The molecule has 4 atom stereocenters. The summed E-state index contributed by atoms with van der Waals surface area (Å²) in [5.41, 5.74) is 0.386. The van der Waals surface area contributed by atoms with Gasteiger partial charge in [0, 0.05) is 39.5 Å². The Balaban J connectivity index is 1.51. The molecule has 26 heavy (non-hydrogen) atoms. The molecule has 0 aromatic carbocycles. The molecule has 1 aromatic rings. The number of ketones is 1. The average Bonchev–Trinajstić information content (AvgIpc) is 3.08. The molecule has 2 bridgehead atoms. The molecule has 3 saturated heterocycles. The van der Waals surface area contributed by atoms with Crippen LogP contribution < -0.4 is 10.6 Å². The summed E-state index contributed by atoms with van der Waals surface area (Å²) in [6.07, 6.45) is 3.66. The Hall–Kier alpha value is -2.29. The Kier molecular flexibility index (Phi) is 5.65. The zero-order valence-electron chi connectivity index (χ0n) is 15.3. The molecule has 2 N–H and O–H groups in total. The summed E-state index contributed by atoms with van der Waals surface area (Å²) in [6, 6.07) is 0.318. The quantitative estimate of drug-likeness (QED) is 0.497. The first kappa shape index (κ1) is 18.5. The fourth-order valence-corrected chi connectivity index (χ4v) is 3.95. The maximum atomic E-state index is 12.5. The third kappa shape index (κ3) is 4.27. The van der Waals surface area contributed by atoms with Crippen molar-refractivity contribution in [3.63, 3.8) is 0 Å². The Morgan fingerprint density at radius 1 is 1.23 bits per heavy atom. The van der Waals surface area contributed by atoms with Gasteiger partial charge in [0.2, 0.25) is 11.8 Å². The predicted molar refractivity (Wildman–Crippen MR) is 93.3 cm³/mol. The lowest BCUT2D eigenvalue weighted by Crippen LogP contribution is -2.58. The van der Waals surface area contributed by atoms with E-state index in [1.807, 2.05) is 0 Å². The van der Waals surface area contributed by atoms with Crippen molar-refractivity contribution in [3.05, 3.63) is 11.9 Å². The van der Waals surface area contributed by atoms with Gasteiger partial charge in [-0.15, -0.1) is 5.10 Å². The minimum absolute atomic E-state index is 0.000792. The smallest absolute Gasteiger partial charge is 0.224 e. The molecule has 3 fully saturated rings. The summed E-state index contributed by atoms with van der Waals surface area (Å²) >= 11 is 0. The van der Waals surface area contributed by atoms with E-state index in [1.165, 1.54) is 13.8 Å². The third-order valence-electron chi connectivity index (χ3n) is 5.31. The lowest BCUT2D eigenvalue weighted by Gasteiger charge is -2.49. The molecule has 3 aliphatic rings. The highest BCUT2D eigenvalue weighted by Crippen LogP contribution is 2.36. The number of piperidine rings is 3. The van der Waals surface area contributed by atoms with E-state index < -0.39 is 0 Å². The second-order valence-electron chi connectivity index (χ2n) is 7.20. The van der Waals surface area contributed by atoms with Crippen LogP contribution in [0.3, 0.4) is 0 Å². The fraction of sp³-hybridized carbons (Fsp3) is 0.706. The number of aromatic nitrogens is 3. The van der Waals surface area contributed by atoms with E-state index in [9.17, 15) is 14.4 Å². The van der Waals surface area contributed by atoms with Gasteiger partial charge in [-0.25, -0.2) is 0 Å². The Bertz CT molecular complexity index is 688. The highest BCUT2D eigenvalue weighted by atomic mass is 16.2. The molecule has 0 radical (unpaired) electrons. The van der Waals surface area contributed by atoms with Crippen LogP contribution in [0.5, 0.6) is 0 Å². The van der Waals surface area contributed by atoms with Crippen molar-refractivity contribution in [1.29, 1.82) is 0 Å². The van der Waals surface area contributed by atoms with Crippen molar-refractivity contribution in [2.45, 2.75) is 39.3 Å². The van der Waals surface area contributed by atoms with Crippen LogP contribution >= 0.6 is 0 Å². The van der Waals surface area contributed by atoms with Gasteiger partial charge in [-0.3, -0.25) is 24.0 Å². The van der Waals surface area contributed by atoms with Crippen LogP contribution in [-0.4, -0.2) is 69.7 Å². The molecule has 3 aliphatic heterocycles. The zero-order chi connectivity index (χ0) is 18.7. The van der Waals surface area contributed by atoms with E-state index >= 15 is 0 Å². The van der Waals surface area contributed by atoms with Crippen LogP contribution in [0.15, 0.2) is 6.20 Å². The van der Waals surface area contributed by atoms with Gasteiger partial charge in [0.15, 0.2) is 5.78 Å². The van der Waals surface area contributed by atoms with Crippen LogP contribution in [0.4, 0.5) is 0 Å². The Labute approximate surface area is 152 Å². The largest absolute Gasteiger partial charge is 0.355 e. The number of Topliss-reactive ketones (excluding diaryl/α,β-unsaturated/α-hetero) is 1. The van der Waals surface area contributed by atoms with Gasteiger partial charge in [0.05, 0.1) is 18.7 Å². The van der Waals surface area contributed by atoms with Gasteiger partial charge in [-0.1, -0.05) is 5.21 Å². The number of fused-ring (bicyclic) bond motifs is 3. The van der Waals surface area contributed by atoms with Crippen molar-refractivity contribution in [3.8, 4) is 0 Å².